The van der Waals surface area contributed by atoms with Gasteiger partial charge in [0.15, 0.2) is 0 Å². The minimum atomic E-state index is -0.469. The second kappa shape index (κ2) is 7.49. The Morgan fingerprint density at radius 1 is 1.46 bits per heavy atom. The molecule has 1 aliphatic rings. The van der Waals surface area contributed by atoms with Crippen LogP contribution in [0.1, 0.15) is 13.3 Å². The summed E-state index contributed by atoms with van der Waals surface area (Å²) in [6, 6.07) is 7.80. The molecule has 3 rings (SSSR count). The fourth-order valence-electron chi connectivity index (χ4n) is 2.85. The highest BCUT2D eigenvalue weighted by Crippen LogP contribution is 2.26. The average molecular weight is 332 g/mol. The number of urea groups is 1. The number of likely N-dealkylation sites (tertiary alicyclic amines) is 1. The topological polar surface area (TPSA) is 54.7 Å². The molecule has 1 saturated heterocycles. The van der Waals surface area contributed by atoms with Crippen molar-refractivity contribution in [2.75, 3.05) is 31.6 Å². The van der Waals surface area contributed by atoms with Crippen LogP contribution in [0.15, 0.2) is 41.0 Å². The molecule has 2 amide bonds. The molecule has 0 spiro atoms. The third-order valence-corrected chi connectivity index (χ3v) is 4.14. The van der Waals surface area contributed by atoms with Gasteiger partial charge < -0.3 is 19.4 Å². The van der Waals surface area contributed by atoms with Gasteiger partial charge in [-0.15, -0.1) is 0 Å². The van der Waals surface area contributed by atoms with Crippen molar-refractivity contribution < 1.29 is 18.3 Å². The Bertz CT molecular complexity index is 688. The molecule has 0 bridgehead atoms. The van der Waals surface area contributed by atoms with Gasteiger partial charge in [-0.3, -0.25) is 0 Å². The van der Waals surface area contributed by atoms with Crippen molar-refractivity contribution in [1.29, 1.82) is 0 Å². The Morgan fingerprint density at radius 3 is 3.08 bits per heavy atom. The van der Waals surface area contributed by atoms with Crippen LogP contribution >= 0.6 is 0 Å². The minimum Gasteiger partial charge on any atom is -0.464 e. The highest BCUT2D eigenvalue weighted by atomic mass is 19.1. The summed E-state index contributed by atoms with van der Waals surface area (Å²) in [6.07, 6.45) is 2.46. The Hall–Kier alpha value is -2.34. The van der Waals surface area contributed by atoms with Gasteiger partial charge in [0.25, 0.3) is 0 Å². The molecule has 1 aromatic heterocycles. The summed E-state index contributed by atoms with van der Waals surface area (Å²) in [5.41, 5.74) is 0.870. The number of anilines is 1. The number of nitrogens with one attached hydrogen (secondary N) is 1. The van der Waals surface area contributed by atoms with Crippen LogP contribution in [0.5, 0.6) is 0 Å². The molecule has 2 aromatic rings. The first-order chi connectivity index (χ1) is 11.7. The SMILES string of the molecule is CCOCC1CCN(C(=O)Nc2cc(-c3ccco3)ccc2F)C1. The van der Waals surface area contributed by atoms with Gasteiger partial charge in [-0.05, 0) is 43.7 Å². The van der Waals surface area contributed by atoms with E-state index in [0.717, 1.165) is 6.42 Å². The number of halogens is 1. The van der Waals surface area contributed by atoms with E-state index in [1.165, 1.54) is 6.07 Å². The van der Waals surface area contributed by atoms with Gasteiger partial charge in [0.1, 0.15) is 11.6 Å². The van der Waals surface area contributed by atoms with Crippen LogP contribution in [0.3, 0.4) is 0 Å². The van der Waals surface area contributed by atoms with Crippen molar-refractivity contribution in [2.45, 2.75) is 13.3 Å². The summed E-state index contributed by atoms with van der Waals surface area (Å²) < 4.78 is 24.7. The lowest BCUT2D eigenvalue weighted by Gasteiger charge is -2.18. The number of rotatable bonds is 5. The van der Waals surface area contributed by atoms with Crippen LogP contribution < -0.4 is 5.32 Å². The number of furan rings is 1. The van der Waals surface area contributed by atoms with Crippen molar-refractivity contribution in [2.24, 2.45) is 5.92 Å². The molecular formula is C18H21FN2O3. The quantitative estimate of drug-likeness (QED) is 0.901. The Kier molecular flexibility index (Phi) is 5.15. The van der Waals surface area contributed by atoms with E-state index in [0.29, 0.717) is 43.5 Å². The zero-order chi connectivity index (χ0) is 16.9. The molecule has 1 fully saturated rings. The van der Waals surface area contributed by atoms with E-state index in [-0.39, 0.29) is 11.7 Å². The number of carbonyl (C=O) groups excluding carboxylic acids is 1. The third kappa shape index (κ3) is 3.76. The average Bonchev–Trinajstić information content (AvgIpc) is 3.26. The van der Waals surface area contributed by atoms with Gasteiger partial charge in [-0.1, -0.05) is 0 Å². The lowest BCUT2D eigenvalue weighted by atomic mass is 10.1. The summed E-state index contributed by atoms with van der Waals surface area (Å²) in [6.45, 7) is 4.57. The second-order valence-corrected chi connectivity index (χ2v) is 5.86. The molecule has 5 nitrogen and oxygen atoms in total. The van der Waals surface area contributed by atoms with Crippen molar-refractivity contribution in [3.05, 3.63) is 42.4 Å². The lowest BCUT2D eigenvalue weighted by Crippen LogP contribution is -2.33. The molecule has 1 aliphatic heterocycles. The maximum Gasteiger partial charge on any atom is 0.321 e. The Balaban J connectivity index is 1.65. The van der Waals surface area contributed by atoms with Crippen LogP contribution in [0.4, 0.5) is 14.9 Å². The first kappa shape index (κ1) is 16.5. The van der Waals surface area contributed by atoms with E-state index in [1.54, 1.807) is 35.4 Å². The monoisotopic (exact) mass is 332 g/mol. The van der Waals surface area contributed by atoms with E-state index in [2.05, 4.69) is 5.32 Å². The van der Waals surface area contributed by atoms with E-state index in [9.17, 15) is 9.18 Å². The minimum absolute atomic E-state index is 0.155. The summed E-state index contributed by atoms with van der Waals surface area (Å²) in [5, 5.41) is 2.66. The van der Waals surface area contributed by atoms with Gasteiger partial charge in [0.05, 0.1) is 18.6 Å². The number of hydrogen-bond acceptors (Lipinski definition) is 3. The van der Waals surface area contributed by atoms with Gasteiger partial charge in [0.2, 0.25) is 0 Å². The zero-order valence-electron chi connectivity index (χ0n) is 13.6. The second-order valence-electron chi connectivity index (χ2n) is 5.86. The molecule has 1 unspecified atom stereocenters. The number of carbonyl (C=O) groups is 1. The van der Waals surface area contributed by atoms with Gasteiger partial charge in [-0.25, -0.2) is 9.18 Å². The van der Waals surface area contributed by atoms with Crippen molar-refractivity contribution in [3.8, 4) is 11.3 Å². The number of amides is 2. The molecule has 1 N–H and O–H groups in total. The van der Waals surface area contributed by atoms with E-state index in [4.69, 9.17) is 9.15 Å². The molecule has 2 heterocycles. The lowest BCUT2D eigenvalue weighted by molar-refractivity contribution is 0.113. The van der Waals surface area contributed by atoms with Gasteiger partial charge >= 0.3 is 6.03 Å². The summed E-state index contributed by atoms with van der Waals surface area (Å²) in [7, 11) is 0. The van der Waals surface area contributed by atoms with Gasteiger partial charge in [0, 0.05) is 31.2 Å². The smallest absolute Gasteiger partial charge is 0.321 e. The third-order valence-electron chi connectivity index (χ3n) is 4.14. The molecular weight excluding hydrogens is 311 g/mol. The molecule has 1 atom stereocenters. The first-order valence-corrected chi connectivity index (χ1v) is 8.14. The fraction of sp³-hybridized carbons (Fsp3) is 0.389. The van der Waals surface area contributed by atoms with Crippen LogP contribution in [-0.4, -0.2) is 37.2 Å². The standard InChI is InChI=1S/C18H21FN2O3/c1-2-23-12-13-7-8-21(11-13)18(22)20-16-10-14(5-6-15(16)19)17-4-3-9-24-17/h3-6,9-10,13H,2,7-8,11-12H2,1H3,(H,20,22). The molecule has 0 aliphatic carbocycles. The highest BCUT2D eigenvalue weighted by Gasteiger charge is 2.26. The molecule has 24 heavy (non-hydrogen) atoms. The first-order valence-electron chi connectivity index (χ1n) is 8.14. The van der Waals surface area contributed by atoms with Crippen molar-refractivity contribution >= 4 is 11.7 Å². The normalized spacial score (nSPS) is 17.2. The predicted molar refractivity (Wildman–Crippen MR) is 89.3 cm³/mol. The zero-order valence-corrected chi connectivity index (χ0v) is 13.6. The van der Waals surface area contributed by atoms with Crippen LogP contribution in [0.25, 0.3) is 11.3 Å². The van der Waals surface area contributed by atoms with Crippen LogP contribution in [0.2, 0.25) is 0 Å². The van der Waals surface area contributed by atoms with E-state index in [1.807, 2.05) is 6.92 Å². The molecule has 6 heteroatoms. The number of ether oxygens (including phenoxy) is 1. The van der Waals surface area contributed by atoms with Gasteiger partial charge in [-0.2, -0.15) is 0 Å². The van der Waals surface area contributed by atoms with Crippen molar-refractivity contribution in [1.82, 2.24) is 4.90 Å². The molecule has 1 aromatic carbocycles. The van der Waals surface area contributed by atoms with E-state index >= 15 is 0 Å². The Morgan fingerprint density at radius 2 is 2.33 bits per heavy atom. The highest BCUT2D eigenvalue weighted by molar-refractivity contribution is 5.90. The number of hydrogen-bond donors (Lipinski definition) is 1. The largest absolute Gasteiger partial charge is 0.464 e. The van der Waals surface area contributed by atoms with E-state index < -0.39 is 5.82 Å². The summed E-state index contributed by atoms with van der Waals surface area (Å²) in [4.78, 5) is 14.1. The maximum absolute atomic E-state index is 14.0. The molecule has 0 saturated carbocycles. The predicted octanol–water partition coefficient (Wildman–Crippen LogP) is 3.98. The number of benzene rings is 1. The maximum atomic E-state index is 14.0. The Labute approximate surface area is 140 Å². The summed E-state index contributed by atoms with van der Waals surface area (Å²) in [5.74, 6) is 0.502. The number of nitrogens with zero attached hydrogens (tertiary/aromatic N) is 1. The molecule has 128 valence electrons. The fourth-order valence-corrected chi connectivity index (χ4v) is 2.85. The summed E-state index contributed by atoms with van der Waals surface area (Å²) >= 11 is 0. The van der Waals surface area contributed by atoms with Crippen molar-refractivity contribution in [3.63, 3.8) is 0 Å². The molecule has 0 radical (unpaired) electrons. The van der Waals surface area contributed by atoms with Crippen LogP contribution in [-0.2, 0) is 4.74 Å². The van der Waals surface area contributed by atoms with Crippen LogP contribution in [0, 0.1) is 11.7 Å².